The first-order valence-corrected chi connectivity index (χ1v) is 11.8. The number of rotatable bonds is 2. The minimum atomic E-state index is -1.89. The molecule has 0 radical (unpaired) electrons. The third kappa shape index (κ3) is 2.55. The fraction of sp³-hybridized carbons (Fsp3) is 0.423. The number of ether oxygens (including phenoxy) is 1. The van der Waals surface area contributed by atoms with Crippen molar-refractivity contribution in [3.05, 3.63) is 61.7 Å². The number of aryl methyl sites for hydroxylation is 1. The number of fused-ring (bicyclic) bond motifs is 5. The van der Waals surface area contributed by atoms with Crippen LogP contribution in [0.1, 0.15) is 79.0 Å². The lowest BCUT2D eigenvalue weighted by molar-refractivity contribution is -0.172. The van der Waals surface area contributed by atoms with Gasteiger partial charge in [0.2, 0.25) is 0 Å². The van der Waals surface area contributed by atoms with Gasteiger partial charge in [0, 0.05) is 28.6 Å². The van der Waals surface area contributed by atoms with E-state index in [0.717, 1.165) is 22.1 Å². The summed E-state index contributed by atoms with van der Waals surface area (Å²) in [5.74, 6) is -1.03. The zero-order valence-electron chi connectivity index (χ0n) is 19.4. The van der Waals surface area contributed by atoms with Crippen LogP contribution in [-0.2, 0) is 34.7 Å². The number of halogens is 1. The standard InChI is InChI=1S/C26H26FN3O4/c1-4-26(33)15-7-19-23-13(9-30(19)24(31)14(15)10-34-25(26)32)21-17(28)6-5-12-20(11(2)3)16(27)8-18(29-23)22(12)21/h7-8,11,17,33H,4-6,9-10,28H2,1-3H3/t17?,26-/m0/s1. The second-order valence-corrected chi connectivity index (χ2v) is 9.90. The molecule has 0 spiro atoms. The molecule has 8 heteroatoms. The van der Waals surface area contributed by atoms with Crippen LogP contribution in [0.15, 0.2) is 16.9 Å². The van der Waals surface area contributed by atoms with Crippen LogP contribution in [0, 0.1) is 5.82 Å². The van der Waals surface area contributed by atoms with Crippen LogP contribution < -0.4 is 11.3 Å². The number of carbonyl (C=O) groups is 1. The summed E-state index contributed by atoms with van der Waals surface area (Å²) in [4.78, 5) is 30.7. The van der Waals surface area contributed by atoms with E-state index in [1.54, 1.807) is 17.6 Å². The van der Waals surface area contributed by atoms with E-state index < -0.39 is 11.6 Å². The first-order chi connectivity index (χ1) is 16.2. The molecule has 3 aliphatic rings. The Kier molecular flexibility index (Phi) is 4.39. The summed E-state index contributed by atoms with van der Waals surface area (Å²) in [5.41, 5.74) is 9.95. The molecule has 0 saturated heterocycles. The van der Waals surface area contributed by atoms with Crippen molar-refractivity contribution in [2.75, 3.05) is 0 Å². The van der Waals surface area contributed by atoms with E-state index in [4.69, 9.17) is 15.5 Å². The highest BCUT2D eigenvalue weighted by Crippen LogP contribution is 2.46. The highest BCUT2D eigenvalue weighted by atomic mass is 19.1. The number of pyridine rings is 2. The fourth-order valence-corrected chi connectivity index (χ4v) is 6.08. The van der Waals surface area contributed by atoms with Gasteiger partial charge < -0.3 is 20.1 Å². The monoisotopic (exact) mass is 463 g/mol. The lowest BCUT2D eigenvalue weighted by atomic mass is 9.80. The van der Waals surface area contributed by atoms with Crippen molar-refractivity contribution in [3.8, 4) is 11.4 Å². The summed E-state index contributed by atoms with van der Waals surface area (Å²) >= 11 is 0. The van der Waals surface area contributed by atoms with E-state index in [1.807, 2.05) is 13.8 Å². The van der Waals surface area contributed by atoms with Gasteiger partial charge in [-0.25, -0.2) is 14.2 Å². The topological polar surface area (TPSA) is 107 Å². The van der Waals surface area contributed by atoms with Gasteiger partial charge in [-0.2, -0.15) is 0 Å². The first-order valence-electron chi connectivity index (χ1n) is 11.8. The zero-order chi connectivity index (χ0) is 24.1. The minimum Gasteiger partial charge on any atom is -0.458 e. The Morgan fingerprint density at radius 3 is 2.76 bits per heavy atom. The largest absolute Gasteiger partial charge is 0.458 e. The average molecular weight is 464 g/mol. The molecule has 7 nitrogen and oxygen atoms in total. The second-order valence-electron chi connectivity index (χ2n) is 9.90. The third-order valence-corrected chi connectivity index (χ3v) is 7.77. The van der Waals surface area contributed by atoms with Crippen LogP contribution in [0.4, 0.5) is 4.39 Å². The Morgan fingerprint density at radius 1 is 1.29 bits per heavy atom. The summed E-state index contributed by atoms with van der Waals surface area (Å²) in [6.07, 6.45) is 1.43. The van der Waals surface area contributed by atoms with E-state index in [0.29, 0.717) is 35.3 Å². The van der Waals surface area contributed by atoms with Crippen LogP contribution in [0.5, 0.6) is 0 Å². The normalized spacial score (nSPS) is 22.6. The van der Waals surface area contributed by atoms with Crippen molar-refractivity contribution < 1.29 is 19.0 Å². The fourth-order valence-electron chi connectivity index (χ4n) is 6.08. The van der Waals surface area contributed by atoms with Gasteiger partial charge in [0.25, 0.3) is 5.56 Å². The van der Waals surface area contributed by atoms with Crippen LogP contribution in [-0.4, -0.2) is 20.6 Å². The maximum absolute atomic E-state index is 15.2. The molecule has 0 saturated carbocycles. The Bertz CT molecular complexity index is 1490. The van der Waals surface area contributed by atoms with E-state index in [1.165, 1.54) is 6.07 Å². The number of nitrogens with two attached hydrogens (primary N) is 1. The van der Waals surface area contributed by atoms with Crippen LogP contribution >= 0.6 is 0 Å². The molecule has 2 aromatic heterocycles. The number of nitrogens with zero attached hydrogens (tertiary/aromatic N) is 2. The number of benzene rings is 1. The van der Waals surface area contributed by atoms with Crippen molar-refractivity contribution in [2.45, 2.75) is 70.7 Å². The summed E-state index contributed by atoms with van der Waals surface area (Å²) in [7, 11) is 0. The van der Waals surface area contributed by atoms with Gasteiger partial charge in [-0.3, -0.25) is 4.79 Å². The molecule has 4 heterocycles. The maximum Gasteiger partial charge on any atom is 0.343 e. The Labute approximate surface area is 195 Å². The molecule has 2 atom stereocenters. The summed E-state index contributed by atoms with van der Waals surface area (Å²) in [6.45, 7) is 5.73. The Balaban J connectivity index is 1.69. The van der Waals surface area contributed by atoms with Crippen LogP contribution in [0.2, 0.25) is 0 Å². The number of aromatic nitrogens is 2. The molecule has 0 amide bonds. The molecular weight excluding hydrogens is 437 g/mol. The minimum absolute atomic E-state index is 0.0191. The van der Waals surface area contributed by atoms with E-state index in [2.05, 4.69) is 0 Å². The molecule has 2 aliphatic heterocycles. The molecule has 176 valence electrons. The zero-order valence-corrected chi connectivity index (χ0v) is 19.4. The van der Waals surface area contributed by atoms with Gasteiger partial charge >= 0.3 is 5.97 Å². The lowest BCUT2D eigenvalue weighted by Gasteiger charge is -2.31. The molecule has 3 aromatic rings. The lowest BCUT2D eigenvalue weighted by Crippen LogP contribution is -2.44. The summed E-state index contributed by atoms with van der Waals surface area (Å²) < 4.78 is 21.9. The van der Waals surface area contributed by atoms with Crippen molar-refractivity contribution in [2.24, 2.45) is 5.73 Å². The Hall–Kier alpha value is -3.10. The second kappa shape index (κ2) is 6.96. The quantitative estimate of drug-likeness (QED) is 0.442. The molecule has 3 N–H and O–H groups in total. The SMILES string of the molecule is CC[C@@]1(O)C(=O)OCc2c1cc1n(c2=O)Cc2c-1nc1cc(F)c(C(C)C)c3c1c2C(N)CC3. The molecule has 34 heavy (non-hydrogen) atoms. The van der Waals surface area contributed by atoms with Gasteiger partial charge in [-0.1, -0.05) is 20.8 Å². The van der Waals surface area contributed by atoms with Crippen molar-refractivity contribution in [1.29, 1.82) is 0 Å². The molecular formula is C26H26FN3O4. The number of cyclic esters (lactones) is 1. The summed E-state index contributed by atoms with van der Waals surface area (Å²) in [5, 5.41) is 12.0. The number of hydrogen-bond donors (Lipinski definition) is 2. The Morgan fingerprint density at radius 2 is 2.06 bits per heavy atom. The van der Waals surface area contributed by atoms with Crippen LogP contribution in [0.3, 0.4) is 0 Å². The molecule has 1 aromatic carbocycles. The first kappa shape index (κ1) is 21.4. The number of hydrogen-bond acceptors (Lipinski definition) is 6. The van der Waals surface area contributed by atoms with Crippen LogP contribution in [0.25, 0.3) is 22.3 Å². The predicted octanol–water partition coefficient (Wildman–Crippen LogP) is 3.29. The van der Waals surface area contributed by atoms with Crippen molar-refractivity contribution >= 4 is 16.9 Å². The number of esters is 1. The van der Waals surface area contributed by atoms with Gasteiger partial charge in [-0.05, 0) is 47.9 Å². The van der Waals surface area contributed by atoms with Gasteiger partial charge in [0.1, 0.15) is 12.4 Å². The predicted molar refractivity (Wildman–Crippen MR) is 124 cm³/mol. The van der Waals surface area contributed by atoms with Gasteiger partial charge in [-0.15, -0.1) is 0 Å². The molecule has 0 bridgehead atoms. The molecule has 1 aliphatic carbocycles. The van der Waals surface area contributed by atoms with E-state index in [-0.39, 0.29) is 54.0 Å². The number of aliphatic hydroxyl groups is 1. The van der Waals surface area contributed by atoms with Crippen molar-refractivity contribution in [3.63, 3.8) is 0 Å². The smallest absolute Gasteiger partial charge is 0.343 e. The molecule has 1 unspecified atom stereocenters. The molecule has 6 rings (SSSR count). The third-order valence-electron chi connectivity index (χ3n) is 7.77. The van der Waals surface area contributed by atoms with Gasteiger partial charge in [0.15, 0.2) is 5.60 Å². The average Bonchev–Trinajstić information content (AvgIpc) is 3.16. The maximum atomic E-state index is 15.2. The summed E-state index contributed by atoms with van der Waals surface area (Å²) in [6, 6.07) is 2.88. The van der Waals surface area contributed by atoms with E-state index >= 15 is 4.39 Å². The highest BCUT2D eigenvalue weighted by Gasteiger charge is 2.45. The molecule has 0 fully saturated rings. The van der Waals surface area contributed by atoms with Crippen molar-refractivity contribution in [1.82, 2.24) is 9.55 Å². The highest BCUT2D eigenvalue weighted by molar-refractivity contribution is 5.93. The van der Waals surface area contributed by atoms with E-state index in [9.17, 15) is 14.7 Å². The van der Waals surface area contributed by atoms with Gasteiger partial charge in [0.05, 0.1) is 29.0 Å². The number of carbonyl (C=O) groups excluding carboxylic acids is 1.